The lowest BCUT2D eigenvalue weighted by Gasteiger charge is -2.33. The van der Waals surface area contributed by atoms with Crippen LogP contribution in [0.25, 0.3) is 10.9 Å². The van der Waals surface area contributed by atoms with Crippen LogP contribution in [0, 0.1) is 12.7 Å². The Balaban J connectivity index is 1.59. The zero-order valence-electron chi connectivity index (χ0n) is 13.7. The van der Waals surface area contributed by atoms with Crippen LogP contribution < -0.4 is 0 Å². The van der Waals surface area contributed by atoms with Crippen molar-refractivity contribution < 1.29 is 18.3 Å². The molecule has 1 fully saturated rings. The van der Waals surface area contributed by atoms with Gasteiger partial charge in [-0.25, -0.2) is 4.39 Å². The Bertz CT molecular complexity index is 920. The topological polar surface area (TPSA) is 84.3 Å². The Morgan fingerprint density at radius 3 is 3.12 bits per heavy atom. The Morgan fingerprint density at radius 1 is 1.44 bits per heavy atom. The van der Waals surface area contributed by atoms with Gasteiger partial charge in [0.15, 0.2) is 0 Å². The van der Waals surface area contributed by atoms with Gasteiger partial charge >= 0.3 is 0 Å². The maximum absolute atomic E-state index is 13.5. The first kappa shape index (κ1) is 15.8. The summed E-state index contributed by atoms with van der Waals surface area (Å²) >= 11 is 0. The lowest BCUT2D eigenvalue weighted by Crippen LogP contribution is -2.44. The second-order valence-corrected chi connectivity index (χ2v) is 6.02. The van der Waals surface area contributed by atoms with Gasteiger partial charge < -0.3 is 19.0 Å². The van der Waals surface area contributed by atoms with Gasteiger partial charge in [-0.15, -0.1) is 10.2 Å². The van der Waals surface area contributed by atoms with Gasteiger partial charge in [-0.05, 0) is 23.8 Å². The van der Waals surface area contributed by atoms with Gasteiger partial charge in [0.25, 0.3) is 0 Å². The average Bonchev–Trinajstić information content (AvgIpc) is 3.21. The third kappa shape index (κ3) is 3.00. The molecule has 1 saturated heterocycles. The molecule has 130 valence electrons. The number of H-pyrrole nitrogens is 1. The van der Waals surface area contributed by atoms with E-state index in [4.69, 9.17) is 9.15 Å². The minimum absolute atomic E-state index is 0.0886. The highest BCUT2D eigenvalue weighted by Crippen LogP contribution is 2.26. The molecule has 3 heterocycles. The Morgan fingerprint density at radius 2 is 2.32 bits per heavy atom. The zero-order valence-corrected chi connectivity index (χ0v) is 13.7. The maximum Gasteiger partial charge on any atom is 0.241 e. The first-order valence-electron chi connectivity index (χ1n) is 8.04. The van der Waals surface area contributed by atoms with Gasteiger partial charge in [0.1, 0.15) is 11.9 Å². The van der Waals surface area contributed by atoms with E-state index in [-0.39, 0.29) is 18.1 Å². The van der Waals surface area contributed by atoms with Crippen molar-refractivity contribution in [2.45, 2.75) is 19.4 Å². The van der Waals surface area contributed by atoms with Crippen LogP contribution in [-0.4, -0.2) is 45.7 Å². The molecule has 1 N–H and O–H groups in total. The van der Waals surface area contributed by atoms with Gasteiger partial charge in [0.05, 0.1) is 19.6 Å². The predicted octanol–water partition coefficient (Wildman–Crippen LogP) is 2.14. The van der Waals surface area contributed by atoms with Crippen molar-refractivity contribution in [3.8, 4) is 0 Å². The Labute approximate surface area is 142 Å². The molecule has 1 amide bonds. The van der Waals surface area contributed by atoms with Crippen LogP contribution in [0.3, 0.4) is 0 Å². The molecular weight excluding hydrogens is 327 g/mol. The molecule has 8 heteroatoms. The number of ether oxygens (including phenoxy) is 1. The number of nitrogens with zero attached hydrogens (tertiary/aromatic N) is 3. The number of hydrogen-bond acceptors (Lipinski definition) is 5. The Hall–Kier alpha value is -2.74. The number of morpholine rings is 1. The van der Waals surface area contributed by atoms with Crippen LogP contribution in [0.15, 0.2) is 28.8 Å². The van der Waals surface area contributed by atoms with Gasteiger partial charge in [-0.2, -0.15) is 0 Å². The summed E-state index contributed by atoms with van der Waals surface area (Å²) in [4.78, 5) is 17.6. The minimum atomic E-state index is -0.399. The smallest absolute Gasteiger partial charge is 0.241 e. The molecule has 1 atom stereocenters. The number of rotatable bonds is 3. The summed E-state index contributed by atoms with van der Waals surface area (Å²) in [5.74, 6) is 0.399. The van der Waals surface area contributed by atoms with Crippen LogP contribution in [0.5, 0.6) is 0 Å². The summed E-state index contributed by atoms with van der Waals surface area (Å²) in [5.41, 5.74) is 1.56. The molecule has 2 aromatic heterocycles. The minimum Gasteiger partial charge on any atom is -0.423 e. The van der Waals surface area contributed by atoms with E-state index in [0.29, 0.717) is 36.9 Å². The van der Waals surface area contributed by atoms with Crippen molar-refractivity contribution >= 4 is 16.8 Å². The number of benzene rings is 1. The van der Waals surface area contributed by atoms with Crippen LogP contribution in [-0.2, 0) is 16.0 Å². The van der Waals surface area contributed by atoms with E-state index >= 15 is 0 Å². The summed E-state index contributed by atoms with van der Waals surface area (Å²) in [5, 5.41) is 8.55. The summed E-state index contributed by atoms with van der Waals surface area (Å²) in [6, 6.07) is 4.09. The summed E-state index contributed by atoms with van der Waals surface area (Å²) < 4.78 is 24.5. The number of aromatic nitrogens is 3. The molecule has 0 spiro atoms. The molecule has 4 rings (SSSR count). The average molecular weight is 344 g/mol. The van der Waals surface area contributed by atoms with Crippen LogP contribution >= 0.6 is 0 Å². The van der Waals surface area contributed by atoms with Crippen molar-refractivity contribution in [2.75, 3.05) is 19.8 Å². The lowest BCUT2D eigenvalue weighted by molar-refractivity contribution is -0.140. The molecule has 7 nitrogen and oxygen atoms in total. The first-order chi connectivity index (χ1) is 12.1. The summed E-state index contributed by atoms with van der Waals surface area (Å²) in [7, 11) is 0. The number of amides is 1. The molecule has 0 radical (unpaired) electrons. The molecule has 25 heavy (non-hydrogen) atoms. The molecule has 3 aromatic rings. The van der Waals surface area contributed by atoms with Gasteiger partial charge in [0.2, 0.25) is 17.7 Å². The highest BCUT2D eigenvalue weighted by Gasteiger charge is 2.32. The van der Waals surface area contributed by atoms with Crippen molar-refractivity contribution in [1.29, 1.82) is 0 Å². The standard InChI is InChI=1S/C17H17FN4O3/c1-10-20-21-17(25-10)15-9-24-5-4-22(15)16(23)6-11-8-19-14-3-2-12(18)7-13(11)14/h2-3,7-8,15,19H,4-6,9H2,1H3/t15-/m0/s1. The Kier molecular flexibility index (Phi) is 3.96. The number of aryl methyl sites for hydroxylation is 1. The molecular formula is C17H17FN4O3. The molecule has 0 unspecified atom stereocenters. The third-order valence-electron chi connectivity index (χ3n) is 4.35. The number of hydrogen-bond donors (Lipinski definition) is 1. The summed E-state index contributed by atoms with van der Waals surface area (Å²) in [6.07, 6.45) is 1.90. The van der Waals surface area contributed by atoms with E-state index in [1.54, 1.807) is 24.1 Å². The second kappa shape index (κ2) is 6.29. The molecule has 0 aliphatic carbocycles. The van der Waals surface area contributed by atoms with Crippen molar-refractivity contribution in [3.05, 3.63) is 47.6 Å². The highest BCUT2D eigenvalue weighted by atomic mass is 19.1. The highest BCUT2D eigenvalue weighted by molar-refractivity contribution is 5.89. The van der Waals surface area contributed by atoms with Crippen LogP contribution in [0.1, 0.15) is 23.4 Å². The molecule has 1 aliphatic rings. The molecule has 0 bridgehead atoms. The number of carbonyl (C=O) groups excluding carboxylic acids is 1. The van der Waals surface area contributed by atoms with Crippen molar-refractivity contribution in [3.63, 3.8) is 0 Å². The predicted molar refractivity (Wildman–Crippen MR) is 86.3 cm³/mol. The van der Waals surface area contributed by atoms with E-state index in [0.717, 1.165) is 11.1 Å². The summed E-state index contributed by atoms with van der Waals surface area (Å²) in [6.45, 7) is 2.92. The number of nitrogens with one attached hydrogen (secondary N) is 1. The van der Waals surface area contributed by atoms with Gasteiger partial charge in [-0.3, -0.25) is 4.79 Å². The first-order valence-corrected chi connectivity index (χ1v) is 8.04. The van der Waals surface area contributed by atoms with Gasteiger partial charge in [0, 0.05) is 30.6 Å². The molecule has 1 aromatic carbocycles. The second-order valence-electron chi connectivity index (χ2n) is 6.02. The number of halogens is 1. The van der Waals surface area contributed by atoms with E-state index in [1.807, 2.05) is 0 Å². The van der Waals surface area contributed by atoms with Crippen molar-refractivity contribution in [2.24, 2.45) is 0 Å². The fourth-order valence-corrected chi connectivity index (χ4v) is 3.11. The maximum atomic E-state index is 13.5. The van der Waals surface area contributed by atoms with Crippen molar-refractivity contribution in [1.82, 2.24) is 20.1 Å². The lowest BCUT2D eigenvalue weighted by atomic mass is 10.1. The van der Waals surface area contributed by atoms with E-state index in [9.17, 15) is 9.18 Å². The normalized spacial score (nSPS) is 18.0. The SMILES string of the molecule is Cc1nnc([C@@H]2COCCN2C(=O)Cc2c[nH]c3ccc(F)cc23)o1. The van der Waals surface area contributed by atoms with Crippen LogP contribution in [0.2, 0.25) is 0 Å². The van der Waals surface area contributed by atoms with E-state index in [2.05, 4.69) is 15.2 Å². The third-order valence-corrected chi connectivity index (χ3v) is 4.35. The van der Waals surface area contributed by atoms with Gasteiger partial charge in [-0.1, -0.05) is 0 Å². The monoisotopic (exact) mass is 344 g/mol. The quantitative estimate of drug-likeness (QED) is 0.787. The largest absolute Gasteiger partial charge is 0.423 e. The molecule has 1 aliphatic heterocycles. The fraction of sp³-hybridized carbons (Fsp3) is 0.353. The van der Waals surface area contributed by atoms with E-state index in [1.165, 1.54) is 12.1 Å². The molecule has 0 saturated carbocycles. The fourth-order valence-electron chi connectivity index (χ4n) is 3.11. The van der Waals surface area contributed by atoms with E-state index < -0.39 is 6.04 Å². The number of aromatic amines is 1. The van der Waals surface area contributed by atoms with Crippen LogP contribution in [0.4, 0.5) is 4.39 Å². The zero-order chi connectivity index (χ0) is 17.4. The number of fused-ring (bicyclic) bond motifs is 1. The number of carbonyl (C=O) groups is 1.